The molecule has 9 rings (SSSR count). The molecule has 7 aromatic rings. The van der Waals surface area contributed by atoms with E-state index in [-0.39, 0.29) is 12.0 Å². The van der Waals surface area contributed by atoms with Gasteiger partial charge in [-0.2, -0.15) is 15.8 Å². The molecule has 0 saturated carbocycles. The third kappa shape index (κ3) is 4.45. The third-order valence-electron chi connectivity index (χ3n) is 10.0. The van der Waals surface area contributed by atoms with E-state index in [1.807, 2.05) is 66.7 Å². The summed E-state index contributed by atoms with van der Waals surface area (Å²) >= 11 is 0. The van der Waals surface area contributed by atoms with Crippen molar-refractivity contribution in [1.82, 2.24) is 4.57 Å². The first-order valence-corrected chi connectivity index (χ1v) is 16.5. The lowest BCUT2D eigenvalue weighted by atomic mass is 9.91. The molecule has 2 atom stereocenters. The number of hydrogen-bond donors (Lipinski definition) is 0. The Labute approximate surface area is 289 Å². The van der Waals surface area contributed by atoms with Crippen LogP contribution in [0, 0.1) is 34.0 Å². The number of fused-ring (bicyclic) bond motifs is 6. The minimum Gasteiger partial charge on any atom is -0.333 e. The SMILES string of the molecule is N#Cc1ccc(-n2c3ccccc3c3cc(C#N)ccc32)c(-c2ccc(-c3cccc(N4c5ccccc5C5C=CC=CC54)c3)c(C#N)c2)c1. The van der Waals surface area contributed by atoms with Crippen LogP contribution < -0.4 is 4.90 Å². The van der Waals surface area contributed by atoms with E-state index in [0.29, 0.717) is 16.7 Å². The van der Waals surface area contributed by atoms with Crippen LogP contribution in [0.2, 0.25) is 0 Å². The van der Waals surface area contributed by atoms with Crippen LogP contribution >= 0.6 is 0 Å². The number of rotatable bonds is 4. The Hall–Kier alpha value is -7.13. The number of para-hydroxylation sites is 2. The first-order valence-electron chi connectivity index (χ1n) is 16.5. The molecule has 0 saturated heterocycles. The zero-order valence-corrected chi connectivity index (χ0v) is 26.8. The largest absolute Gasteiger partial charge is 0.333 e. The lowest BCUT2D eigenvalue weighted by molar-refractivity contribution is 0.745. The summed E-state index contributed by atoms with van der Waals surface area (Å²) in [5.41, 5.74) is 11.6. The summed E-state index contributed by atoms with van der Waals surface area (Å²) in [5, 5.41) is 32.1. The van der Waals surface area contributed by atoms with E-state index in [1.54, 1.807) is 0 Å². The van der Waals surface area contributed by atoms with Gasteiger partial charge in [-0.05, 0) is 89.0 Å². The van der Waals surface area contributed by atoms with Crippen molar-refractivity contribution in [2.45, 2.75) is 12.0 Å². The van der Waals surface area contributed by atoms with Crippen LogP contribution in [-0.4, -0.2) is 10.6 Å². The van der Waals surface area contributed by atoms with Crippen molar-refractivity contribution in [2.24, 2.45) is 0 Å². The van der Waals surface area contributed by atoms with Gasteiger partial charge in [0.1, 0.15) is 0 Å². The standard InChI is InChI=1S/C45H27N5/c46-26-29-16-20-44(50-43-15-6-3-12-38(43)40-23-30(27-47)17-21-45(40)50)39(22-29)32-18-19-35(33(24-32)28-48)31-8-7-9-34(25-31)49-41-13-4-1-10-36(41)37-11-2-5-14-42(37)49/h1-25,36,41H. The second kappa shape index (κ2) is 11.5. The quantitative estimate of drug-likeness (QED) is 0.192. The van der Waals surface area contributed by atoms with E-state index in [4.69, 9.17) is 0 Å². The molecule has 2 heterocycles. The molecule has 1 aromatic heterocycles. The highest BCUT2D eigenvalue weighted by Crippen LogP contribution is 2.48. The van der Waals surface area contributed by atoms with Crippen molar-refractivity contribution >= 4 is 33.2 Å². The Morgan fingerprint density at radius 1 is 0.520 bits per heavy atom. The predicted molar refractivity (Wildman–Crippen MR) is 199 cm³/mol. The van der Waals surface area contributed by atoms with Gasteiger partial charge < -0.3 is 9.47 Å². The maximum absolute atomic E-state index is 10.5. The molecule has 1 aliphatic carbocycles. The van der Waals surface area contributed by atoms with Gasteiger partial charge in [0, 0.05) is 33.6 Å². The molecular weight excluding hydrogens is 611 g/mol. The van der Waals surface area contributed by atoms with Gasteiger partial charge in [0.25, 0.3) is 0 Å². The molecule has 0 spiro atoms. The van der Waals surface area contributed by atoms with Crippen LogP contribution in [0.1, 0.15) is 28.2 Å². The van der Waals surface area contributed by atoms with Crippen LogP contribution in [0.15, 0.2) is 152 Å². The van der Waals surface area contributed by atoms with Gasteiger partial charge in [-0.1, -0.05) is 85.0 Å². The first-order chi connectivity index (χ1) is 24.7. The molecule has 5 heteroatoms. The molecule has 0 amide bonds. The smallest absolute Gasteiger partial charge is 0.0998 e. The highest BCUT2D eigenvalue weighted by Gasteiger charge is 2.37. The summed E-state index contributed by atoms with van der Waals surface area (Å²) in [7, 11) is 0. The molecule has 50 heavy (non-hydrogen) atoms. The number of allylic oxidation sites excluding steroid dienone is 2. The number of hydrogen-bond acceptors (Lipinski definition) is 4. The summed E-state index contributed by atoms with van der Waals surface area (Å²) < 4.78 is 2.18. The van der Waals surface area contributed by atoms with Gasteiger partial charge in [-0.3, -0.25) is 0 Å². The highest BCUT2D eigenvalue weighted by atomic mass is 15.2. The molecule has 0 fully saturated rings. The molecule has 0 bridgehead atoms. The maximum Gasteiger partial charge on any atom is 0.0998 e. The summed E-state index contributed by atoms with van der Waals surface area (Å²) in [6.45, 7) is 0. The van der Waals surface area contributed by atoms with E-state index < -0.39 is 0 Å². The molecule has 0 radical (unpaired) electrons. The molecule has 2 unspecified atom stereocenters. The minimum atomic E-state index is 0.184. The number of nitriles is 3. The first kappa shape index (κ1) is 29.0. The Balaban J connectivity index is 1.18. The zero-order valence-electron chi connectivity index (χ0n) is 26.8. The molecular formula is C45H27N5. The minimum absolute atomic E-state index is 0.184. The van der Waals surface area contributed by atoms with Crippen molar-refractivity contribution < 1.29 is 0 Å². The lowest BCUT2D eigenvalue weighted by Crippen LogP contribution is -2.28. The number of benzene rings is 6. The van der Waals surface area contributed by atoms with Gasteiger partial charge >= 0.3 is 0 Å². The topological polar surface area (TPSA) is 79.5 Å². The monoisotopic (exact) mass is 637 g/mol. The molecule has 2 aliphatic rings. The average Bonchev–Trinajstić information content (AvgIpc) is 3.70. The molecule has 5 nitrogen and oxygen atoms in total. The lowest BCUT2D eigenvalue weighted by Gasteiger charge is -2.29. The fourth-order valence-corrected chi connectivity index (χ4v) is 7.80. The normalized spacial score (nSPS) is 15.7. The fraction of sp³-hybridized carbons (Fsp3) is 0.0444. The van der Waals surface area contributed by atoms with E-state index in [1.165, 1.54) is 11.3 Å². The van der Waals surface area contributed by atoms with E-state index in [2.05, 4.69) is 113 Å². The van der Waals surface area contributed by atoms with Gasteiger partial charge in [-0.15, -0.1) is 0 Å². The molecule has 1 aliphatic heterocycles. The van der Waals surface area contributed by atoms with Gasteiger partial charge in [0.05, 0.1) is 57.7 Å². The van der Waals surface area contributed by atoms with E-state index in [0.717, 1.165) is 55.4 Å². The number of aromatic nitrogens is 1. The van der Waals surface area contributed by atoms with Gasteiger partial charge in [0.15, 0.2) is 0 Å². The average molecular weight is 638 g/mol. The maximum atomic E-state index is 10.5. The predicted octanol–water partition coefficient (Wildman–Crippen LogP) is 10.5. The Morgan fingerprint density at radius 3 is 2.16 bits per heavy atom. The second-order valence-corrected chi connectivity index (χ2v) is 12.7. The zero-order chi connectivity index (χ0) is 33.8. The Bertz CT molecular complexity index is 2720. The number of anilines is 2. The van der Waals surface area contributed by atoms with Crippen molar-refractivity contribution in [3.05, 3.63) is 174 Å². The van der Waals surface area contributed by atoms with Crippen LogP contribution in [0.3, 0.4) is 0 Å². The van der Waals surface area contributed by atoms with Gasteiger partial charge in [0.2, 0.25) is 0 Å². The Morgan fingerprint density at radius 2 is 1.28 bits per heavy atom. The summed E-state index contributed by atoms with van der Waals surface area (Å²) in [4.78, 5) is 2.40. The summed E-state index contributed by atoms with van der Waals surface area (Å²) in [5.74, 6) is 0.287. The summed E-state index contributed by atoms with van der Waals surface area (Å²) in [6, 6.07) is 49.8. The second-order valence-electron chi connectivity index (χ2n) is 12.7. The van der Waals surface area contributed by atoms with Crippen LogP contribution in [-0.2, 0) is 0 Å². The van der Waals surface area contributed by atoms with Crippen molar-refractivity contribution in [2.75, 3.05) is 4.90 Å². The third-order valence-corrected chi connectivity index (χ3v) is 10.0. The number of nitrogens with zero attached hydrogens (tertiary/aromatic N) is 5. The van der Waals surface area contributed by atoms with Gasteiger partial charge in [-0.25, -0.2) is 0 Å². The highest BCUT2D eigenvalue weighted by molar-refractivity contribution is 6.10. The molecule has 232 valence electrons. The molecule has 0 N–H and O–H groups in total. The van der Waals surface area contributed by atoms with E-state index in [9.17, 15) is 15.8 Å². The molecule has 6 aromatic carbocycles. The van der Waals surface area contributed by atoms with Crippen molar-refractivity contribution in [1.29, 1.82) is 15.8 Å². The van der Waals surface area contributed by atoms with E-state index >= 15 is 0 Å². The fourth-order valence-electron chi connectivity index (χ4n) is 7.80. The van der Waals surface area contributed by atoms with Crippen LogP contribution in [0.4, 0.5) is 11.4 Å². The van der Waals surface area contributed by atoms with Crippen molar-refractivity contribution in [3.8, 4) is 46.1 Å². The van der Waals surface area contributed by atoms with Crippen LogP contribution in [0.5, 0.6) is 0 Å². The van der Waals surface area contributed by atoms with Crippen molar-refractivity contribution in [3.63, 3.8) is 0 Å². The van der Waals surface area contributed by atoms with Crippen LogP contribution in [0.25, 0.3) is 49.7 Å². The Kier molecular flexibility index (Phi) is 6.70. The summed E-state index contributed by atoms with van der Waals surface area (Å²) in [6.07, 6.45) is 8.79.